The summed E-state index contributed by atoms with van der Waals surface area (Å²) in [5, 5.41) is 6.24. The van der Waals surface area contributed by atoms with Crippen LogP contribution in [-0.2, 0) is 17.8 Å². The SMILES string of the molecule is CC(C)(CN)NC(=O)Cc1csc(COc2ccc(Cl)cc2)n1. The molecule has 0 aliphatic rings. The molecule has 2 aromatic rings. The van der Waals surface area contributed by atoms with Gasteiger partial charge in [-0.3, -0.25) is 4.79 Å². The van der Waals surface area contributed by atoms with E-state index in [-0.39, 0.29) is 12.3 Å². The quantitative estimate of drug-likeness (QED) is 0.802. The number of nitrogens with one attached hydrogen (secondary N) is 1. The van der Waals surface area contributed by atoms with Gasteiger partial charge in [-0.25, -0.2) is 4.98 Å². The molecule has 1 heterocycles. The van der Waals surface area contributed by atoms with E-state index in [4.69, 9.17) is 22.1 Å². The van der Waals surface area contributed by atoms with Crippen molar-refractivity contribution in [3.63, 3.8) is 0 Å². The van der Waals surface area contributed by atoms with E-state index >= 15 is 0 Å². The van der Waals surface area contributed by atoms with E-state index < -0.39 is 5.54 Å². The molecule has 1 aromatic heterocycles. The lowest BCUT2D eigenvalue weighted by Gasteiger charge is -2.23. The number of hydrogen-bond donors (Lipinski definition) is 2. The van der Waals surface area contributed by atoms with Crippen LogP contribution in [0.3, 0.4) is 0 Å². The van der Waals surface area contributed by atoms with E-state index in [0.29, 0.717) is 18.2 Å². The van der Waals surface area contributed by atoms with Crippen molar-refractivity contribution in [1.29, 1.82) is 0 Å². The van der Waals surface area contributed by atoms with Gasteiger partial charge in [-0.1, -0.05) is 11.6 Å². The molecule has 5 nitrogen and oxygen atoms in total. The Labute approximate surface area is 144 Å². The van der Waals surface area contributed by atoms with Gasteiger partial charge in [0.25, 0.3) is 0 Å². The van der Waals surface area contributed by atoms with Gasteiger partial charge in [0.05, 0.1) is 12.1 Å². The first-order chi connectivity index (χ1) is 10.9. The van der Waals surface area contributed by atoms with Crippen LogP contribution in [0.1, 0.15) is 24.5 Å². The van der Waals surface area contributed by atoms with Crippen LogP contribution in [0.5, 0.6) is 5.75 Å². The Morgan fingerprint density at radius 2 is 2.09 bits per heavy atom. The minimum absolute atomic E-state index is 0.0871. The Kier molecular flexibility index (Phi) is 5.98. The van der Waals surface area contributed by atoms with Gasteiger partial charge in [-0.05, 0) is 38.1 Å². The molecule has 0 fully saturated rings. The zero-order valence-corrected chi connectivity index (χ0v) is 14.7. The topological polar surface area (TPSA) is 77.2 Å². The summed E-state index contributed by atoms with van der Waals surface area (Å²) in [6, 6.07) is 7.15. The lowest BCUT2D eigenvalue weighted by molar-refractivity contribution is -0.121. The number of halogens is 1. The number of carbonyl (C=O) groups is 1. The fourth-order valence-corrected chi connectivity index (χ4v) is 2.64. The molecule has 7 heteroatoms. The Bertz CT molecular complexity index is 656. The minimum Gasteiger partial charge on any atom is -0.486 e. The maximum Gasteiger partial charge on any atom is 0.226 e. The van der Waals surface area contributed by atoms with Gasteiger partial charge in [0.2, 0.25) is 5.91 Å². The van der Waals surface area contributed by atoms with Crippen molar-refractivity contribution < 1.29 is 9.53 Å². The largest absolute Gasteiger partial charge is 0.486 e. The molecule has 0 aliphatic heterocycles. The summed E-state index contributed by atoms with van der Waals surface area (Å²) in [6.45, 7) is 4.52. The monoisotopic (exact) mass is 353 g/mol. The van der Waals surface area contributed by atoms with Crippen LogP contribution in [0.15, 0.2) is 29.6 Å². The van der Waals surface area contributed by atoms with Crippen molar-refractivity contribution >= 4 is 28.8 Å². The highest BCUT2D eigenvalue weighted by Gasteiger charge is 2.19. The summed E-state index contributed by atoms with van der Waals surface area (Å²) in [4.78, 5) is 16.4. The highest BCUT2D eigenvalue weighted by molar-refractivity contribution is 7.09. The van der Waals surface area contributed by atoms with Gasteiger partial charge in [0, 0.05) is 22.5 Å². The summed E-state index contributed by atoms with van der Waals surface area (Å²) in [5.74, 6) is 0.643. The van der Waals surface area contributed by atoms with Crippen molar-refractivity contribution in [2.24, 2.45) is 5.73 Å². The molecule has 0 saturated heterocycles. The summed E-state index contributed by atoms with van der Waals surface area (Å²) >= 11 is 7.30. The van der Waals surface area contributed by atoms with Crippen molar-refractivity contribution in [2.45, 2.75) is 32.4 Å². The number of nitrogens with zero attached hydrogens (tertiary/aromatic N) is 1. The fraction of sp³-hybridized carbons (Fsp3) is 0.375. The predicted molar refractivity (Wildman–Crippen MR) is 92.9 cm³/mol. The van der Waals surface area contributed by atoms with Crippen LogP contribution in [0.4, 0.5) is 0 Å². The molecule has 0 unspecified atom stereocenters. The van der Waals surface area contributed by atoms with E-state index in [1.807, 2.05) is 19.2 Å². The Hall–Kier alpha value is -1.63. The standard InChI is InChI=1S/C16H20ClN3O2S/c1-16(2,10-18)20-14(21)7-12-9-23-15(19-12)8-22-13-5-3-11(17)4-6-13/h3-6,9H,7-8,10,18H2,1-2H3,(H,20,21). The van der Waals surface area contributed by atoms with Crippen LogP contribution in [-0.4, -0.2) is 23.0 Å². The summed E-state index contributed by atoms with van der Waals surface area (Å²) in [7, 11) is 0. The summed E-state index contributed by atoms with van der Waals surface area (Å²) in [6.07, 6.45) is 0.237. The Morgan fingerprint density at radius 1 is 1.39 bits per heavy atom. The lowest BCUT2D eigenvalue weighted by Crippen LogP contribution is -2.49. The van der Waals surface area contributed by atoms with E-state index in [1.165, 1.54) is 11.3 Å². The molecule has 0 saturated carbocycles. The van der Waals surface area contributed by atoms with E-state index in [9.17, 15) is 4.79 Å². The van der Waals surface area contributed by atoms with Gasteiger partial charge < -0.3 is 15.8 Å². The third-order valence-electron chi connectivity index (χ3n) is 3.11. The van der Waals surface area contributed by atoms with Crippen LogP contribution < -0.4 is 15.8 Å². The second-order valence-corrected chi connectivity index (χ2v) is 7.17. The van der Waals surface area contributed by atoms with Crippen LogP contribution in [0, 0.1) is 0 Å². The number of thiazole rings is 1. The molecule has 0 bridgehead atoms. The first-order valence-corrected chi connectivity index (χ1v) is 8.46. The third-order valence-corrected chi connectivity index (χ3v) is 4.23. The average molecular weight is 354 g/mol. The van der Waals surface area contributed by atoms with Gasteiger partial charge >= 0.3 is 0 Å². The van der Waals surface area contributed by atoms with Gasteiger partial charge in [0.15, 0.2) is 0 Å². The number of aromatic nitrogens is 1. The molecule has 3 N–H and O–H groups in total. The lowest BCUT2D eigenvalue weighted by atomic mass is 10.1. The number of rotatable bonds is 7. The van der Waals surface area contributed by atoms with E-state index in [1.54, 1.807) is 24.3 Å². The molecule has 2 rings (SSSR count). The smallest absolute Gasteiger partial charge is 0.226 e. The third kappa shape index (κ3) is 5.82. The van der Waals surface area contributed by atoms with Gasteiger partial charge in [-0.15, -0.1) is 11.3 Å². The highest BCUT2D eigenvalue weighted by atomic mass is 35.5. The molecule has 0 spiro atoms. The molecule has 23 heavy (non-hydrogen) atoms. The van der Waals surface area contributed by atoms with Crippen LogP contribution in [0.25, 0.3) is 0 Å². The normalized spacial score (nSPS) is 11.3. The highest BCUT2D eigenvalue weighted by Crippen LogP contribution is 2.18. The summed E-state index contributed by atoms with van der Waals surface area (Å²) in [5.41, 5.74) is 5.93. The minimum atomic E-state index is -0.409. The van der Waals surface area contributed by atoms with Gasteiger partial charge in [0.1, 0.15) is 17.4 Å². The summed E-state index contributed by atoms with van der Waals surface area (Å²) < 4.78 is 5.64. The molecular weight excluding hydrogens is 334 g/mol. The van der Waals surface area contributed by atoms with Crippen LogP contribution >= 0.6 is 22.9 Å². The fourth-order valence-electron chi connectivity index (χ4n) is 1.81. The molecule has 1 aromatic carbocycles. The predicted octanol–water partition coefficient (Wildman–Crippen LogP) is 2.77. The van der Waals surface area contributed by atoms with Crippen molar-refractivity contribution in [1.82, 2.24) is 10.3 Å². The Balaban J connectivity index is 1.85. The number of carbonyl (C=O) groups excluding carboxylic acids is 1. The van der Waals surface area contributed by atoms with Crippen molar-refractivity contribution in [3.05, 3.63) is 45.4 Å². The molecule has 0 radical (unpaired) electrons. The number of ether oxygens (including phenoxy) is 1. The average Bonchev–Trinajstić information content (AvgIpc) is 2.93. The number of amides is 1. The van der Waals surface area contributed by atoms with Crippen molar-refractivity contribution in [3.8, 4) is 5.75 Å². The zero-order chi connectivity index (χ0) is 16.9. The first-order valence-electron chi connectivity index (χ1n) is 7.21. The van der Waals surface area contributed by atoms with Gasteiger partial charge in [-0.2, -0.15) is 0 Å². The number of benzene rings is 1. The second-order valence-electron chi connectivity index (χ2n) is 5.79. The molecule has 0 atom stereocenters. The molecule has 1 amide bonds. The maximum atomic E-state index is 12.0. The van der Waals surface area contributed by atoms with E-state index in [0.717, 1.165) is 16.5 Å². The van der Waals surface area contributed by atoms with Crippen molar-refractivity contribution in [2.75, 3.05) is 6.54 Å². The number of hydrogen-bond acceptors (Lipinski definition) is 5. The molecule has 124 valence electrons. The first kappa shape index (κ1) is 17.7. The van der Waals surface area contributed by atoms with E-state index in [2.05, 4.69) is 10.3 Å². The number of nitrogens with two attached hydrogens (primary N) is 1. The van der Waals surface area contributed by atoms with Crippen LogP contribution in [0.2, 0.25) is 5.02 Å². The zero-order valence-electron chi connectivity index (χ0n) is 13.1. The molecular formula is C16H20ClN3O2S. The molecule has 0 aliphatic carbocycles. The Morgan fingerprint density at radius 3 is 2.74 bits per heavy atom. The maximum absolute atomic E-state index is 12.0. The second kappa shape index (κ2) is 7.77.